The molecule has 5 aliphatic heterocycles. The fraction of sp³-hybridized carbons (Fsp3) is 0.500. The number of benzene rings is 3. The zero-order chi connectivity index (χ0) is 43.3. The van der Waals surface area contributed by atoms with Crippen LogP contribution in [0.25, 0.3) is 0 Å². The van der Waals surface area contributed by atoms with Crippen LogP contribution in [0.4, 0.5) is 0 Å². The van der Waals surface area contributed by atoms with Gasteiger partial charge in [-0.1, -0.05) is 29.3 Å². The van der Waals surface area contributed by atoms with Gasteiger partial charge in [0.05, 0.1) is 42.0 Å². The molecule has 0 radical (unpaired) electrons. The molecular weight excluding hydrogens is 851 g/mol. The molecule has 19 nitrogen and oxygen atoms in total. The number of amides is 1. The largest absolute Gasteiger partial charge is 0.460 e. The van der Waals surface area contributed by atoms with E-state index in [0.717, 1.165) is 19.6 Å². The van der Waals surface area contributed by atoms with E-state index in [9.17, 15) is 50.4 Å². The summed E-state index contributed by atoms with van der Waals surface area (Å²) in [6, 6.07) is 9.84. The number of morpholine rings is 1. The fourth-order valence-electron chi connectivity index (χ4n) is 8.05. The van der Waals surface area contributed by atoms with Crippen molar-refractivity contribution in [1.29, 1.82) is 0 Å². The average Bonchev–Trinajstić information content (AvgIpc) is 3.55. The normalized spacial score (nSPS) is 32.0. The molecule has 330 valence electrons. The van der Waals surface area contributed by atoms with Gasteiger partial charge in [0.15, 0.2) is 5.60 Å². The standard InChI is InChI=1S/C40H44Cl2N2O17/c41-22-11-20-24(13-26(22)57-38-34(51)32(49)30(47)28(15-45)59-38)56-25-14-27(58-39-35(52)33(50)31(48)29(16-46)60-39)23(42)12-21(25)40(20)19-3-2-17(10-18(19)37(54)61-40)36(53)43-4-1-5-44-6-8-55-9-7-44/h2-3,10-14,28-35,38-39,45-52H,1,4-9,15-16H2,(H,43,53)/t28?,29?,30-,31+,32-,33?,34?,35+,38+,39-,40?/m1/s1. The first-order chi connectivity index (χ1) is 29.2. The molecule has 9 N–H and O–H groups in total. The van der Waals surface area contributed by atoms with Crippen LogP contribution < -0.4 is 19.5 Å². The number of carbonyl (C=O) groups is 2. The summed E-state index contributed by atoms with van der Waals surface area (Å²) >= 11 is 13.6. The van der Waals surface area contributed by atoms with Gasteiger partial charge in [-0.3, -0.25) is 9.69 Å². The smallest absolute Gasteiger partial charge is 0.340 e. The number of carbonyl (C=O) groups excluding carboxylic acids is 2. The number of hydrogen-bond acceptors (Lipinski definition) is 18. The van der Waals surface area contributed by atoms with Gasteiger partial charge in [0.2, 0.25) is 12.6 Å². The SMILES string of the molecule is O=C(NCCCN1CCOCC1)c1ccc2c(c1)C(=O)OC21c2cc(Cl)c(O[C@H]3OC(CO)[C@@H](O)[C@@H](O)C3O)cc2Oc2cc(O[C@@H]3OC(CO)[C@H](O)C(O)[C@@H]3O)c(Cl)cc21. The number of aliphatic hydroxyl groups excluding tert-OH is 8. The first-order valence-corrected chi connectivity index (χ1v) is 20.3. The Morgan fingerprint density at radius 1 is 0.754 bits per heavy atom. The van der Waals surface area contributed by atoms with Crippen molar-refractivity contribution in [3.8, 4) is 23.0 Å². The van der Waals surface area contributed by atoms with Crippen molar-refractivity contribution in [2.45, 2.75) is 73.4 Å². The van der Waals surface area contributed by atoms with Gasteiger partial charge in [-0.15, -0.1) is 0 Å². The van der Waals surface area contributed by atoms with Gasteiger partial charge < -0.3 is 79.3 Å². The highest BCUT2D eigenvalue weighted by molar-refractivity contribution is 6.32. The maximum Gasteiger partial charge on any atom is 0.340 e. The third kappa shape index (κ3) is 8.02. The summed E-state index contributed by atoms with van der Waals surface area (Å²) in [5, 5.41) is 84.8. The van der Waals surface area contributed by atoms with Crippen LogP contribution in [0.1, 0.15) is 43.8 Å². The number of rotatable bonds is 11. The molecule has 1 amide bonds. The molecule has 1 spiro atoms. The van der Waals surface area contributed by atoms with E-state index in [-0.39, 0.29) is 60.9 Å². The minimum absolute atomic E-state index is 0.0275. The molecule has 5 unspecified atom stereocenters. The molecule has 3 aromatic rings. The van der Waals surface area contributed by atoms with E-state index in [1.807, 2.05) is 0 Å². The van der Waals surface area contributed by atoms with Crippen molar-refractivity contribution in [3.63, 3.8) is 0 Å². The number of hydrogen-bond donors (Lipinski definition) is 9. The molecule has 0 saturated carbocycles. The van der Waals surface area contributed by atoms with Gasteiger partial charge in [-0.05, 0) is 37.2 Å². The lowest BCUT2D eigenvalue weighted by Gasteiger charge is -2.40. The quantitative estimate of drug-likeness (QED) is 0.0856. The summed E-state index contributed by atoms with van der Waals surface area (Å²) in [5.74, 6) is -1.62. The van der Waals surface area contributed by atoms with Crippen molar-refractivity contribution in [1.82, 2.24) is 10.2 Å². The number of aliphatic hydroxyl groups is 8. The zero-order valence-corrected chi connectivity index (χ0v) is 33.6. The second-order valence-electron chi connectivity index (χ2n) is 15.2. The van der Waals surface area contributed by atoms with Crippen LogP contribution in [0, 0.1) is 0 Å². The van der Waals surface area contributed by atoms with Gasteiger partial charge in [-0.2, -0.15) is 0 Å². The zero-order valence-electron chi connectivity index (χ0n) is 32.1. The summed E-state index contributed by atoms with van der Waals surface area (Å²) in [6.07, 6.45) is -15.6. The molecule has 5 aliphatic rings. The maximum absolute atomic E-state index is 14.0. The van der Waals surface area contributed by atoms with Crippen molar-refractivity contribution in [2.24, 2.45) is 0 Å². The molecule has 5 heterocycles. The number of ether oxygens (including phenoxy) is 7. The van der Waals surface area contributed by atoms with Crippen LogP contribution in [0.3, 0.4) is 0 Å². The number of nitrogens with zero attached hydrogens (tertiary/aromatic N) is 1. The molecule has 0 aromatic heterocycles. The third-order valence-corrected chi connectivity index (χ3v) is 12.0. The Bertz CT molecular complexity index is 2040. The molecule has 0 bridgehead atoms. The molecule has 0 aliphatic carbocycles. The molecule has 21 heteroatoms. The molecule has 3 aromatic carbocycles. The lowest BCUT2D eigenvalue weighted by atomic mass is 9.77. The van der Waals surface area contributed by atoms with Crippen molar-refractivity contribution >= 4 is 35.1 Å². The van der Waals surface area contributed by atoms with Crippen LogP contribution in [0.15, 0.2) is 42.5 Å². The second kappa shape index (κ2) is 17.7. The Balaban J connectivity index is 1.15. The van der Waals surface area contributed by atoms with E-state index in [1.54, 1.807) is 6.07 Å². The Kier molecular flexibility index (Phi) is 12.7. The Hall–Kier alpha value is -3.90. The van der Waals surface area contributed by atoms with Crippen LogP contribution in [-0.4, -0.2) is 172 Å². The maximum atomic E-state index is 14.0. The van der Waals surface area contributed by atoms with Crippen LogP contribution in [-0.2, 0) is 24.5 Å². The fourth-order valence-corrected chi connectivity index (χ4v) is 8.47. The topological polar surface area (TPSA) is 276 Å². The predicted octanol–water partition coefficient (Wildman–Crippen LogP) is -0.629. The lowest BCUT2D eigenvalue weighted by Crippen LogP contribution is -2.60. The van der Waals surface area contributed by atoms with Crippen LogP contribution in [0.2, 0.25) is 10.0 Å². The second-order valence-corrected chi connectivity index (χ2v) is 16.0. The van der Waals surface area contributed by atoms with Gasteiger partial charge in [0.25, 0.3) is 5.91 Å². The van der Waals surface area contributed by atoms with Gasteiger partial charge in [0.1, 0.15) is 71.8 Å². The monoisotopic (exact) mass is 894 g/mol. The Morgan fingerprint density at radius 3 is 1.82 bits per heavy atom. The number of nitrogens with one attached hydrogen (secondary N) is 1. The molecule has 3 saturated heterocycles. The van der Waals surface area contributed by atoms with Crippen LogP contribution >= 0.6 is 23.2 Å². The van der Waals surface area contributed by atoms with Gasteiger partial charge in [-0.25, -0.2) is 4.79 Å². The van der Waals surface area contributed by atoms with Gasteiger partial charge in [0, 0.05) is 54.0 Å². The lowest BCUT2D eigenvalue weighted by molar-refractivity contribution is -0.277. The minimum atomic E-state index is -1.85. The Labute approximate surface area is 357 Å². The number of halogens is 2. The highest BCUT2D eigenvalue weighted by atomic mass is 35.5. The molecule has 61 heavy (non-hydrogen) atoms. The molecule has 11 atom stereocenters. The van der Waals surface area contributed by atoms with E-state index in [4.69, 9.17) is 56.4 Å². The first kappa shape index (κ1) is 43.7. The highest BCUT2D eigenvalue weighted by Gasteiger charge is 2.55. The van der Waals surface area contributed by atoms with Crippen molar-refractivity contribution in [2.75, 3.05) is 52.6 Å². The van der Waals surface area contributed by atoms with Crippen molar-refractivity contribution < 1.29 is 83.6 Å². The average molecular weight is 896 g/mol. The number of esters is 1. The molecule has 8 rings (SSSR count). The summed E-state index contributed by atoms with van der Waals surface area (Å²) < 4.78 is 40.8. The van der Waals surface area contributed by atoms with E-state index < -0.39 is 92.1 Å². The van der Waals surface area contributed by atoms with Crippen molar-refractivity contribution in [3.05, 3.63) is 80.3 Å². The van der Waals surface area contributed by atoms with Gasteiger partial charge >= 0.3 is 5.97 Å². The first-order valence-electron chi connectivity index (χ1n) is 19.5. The molecular formula is C40H44Cl2N2O17. The van der Waals surface area contributed by atoms with Crippen LogP contribution in [0.5, 0.6) is 23.0 Å². The summed E-state index contributed by atoms with van der Waals surface area (Å²) in [4.78, 5) is 29.5. The number of fused-ring (bicyclic) bond motifs is 6. The summed E-state index contributed by atoms with van der Waals surface area (Å²) in [7, 11) is 0. The third-order valence-electron chi connectivity index (χ3n) is 11.4. The Morgan fingerprint density at radius 2 is 1.30 bits per heavy atom. The predicted molar refractivity (Wildman–Crippen MR) is 208 cm³/mol. The van der Waals surface area contributed by atoms with E-state index in [1.165, 1.54) is 36.4 Å². The van der Waals surface area contributed by atoms with E-state index in [0.29, 0.717) is 26.2 Å². The minimum Gasteiger partial charge on any atom is -0.460 e. The van der Waals surface area contributed by atoms with E-state index in [2.05, 4.69) is 10.2 Å². The molecule has 3 fully saturated rings. The highest BCUT2D eigenvalue weighted by Crippen LogP contribution is 2.59. The van der Waals surface area contributed by atoms with E-state index >= 15 is 0 Å². The summed E-state index contributed by atoms with van der Waals surface area (Å²) in [5.41, 5.74) is -1.03. The summed E-state index contributed by atoms with van der Waals surface area (Å²) in [6.45, 7) is 2.68.